The van der Waals surface area contributed by atoms with Gasteiger partial charge >= 0.3 is 0 Å². The fourth-order valence-corrected chi connectivity index (χ4v) is 0.946. The third-order valence-corrected chi connectivity index (χ3v) is 1.81. The smallest absolute Gasteiger partial charge is 0.256 e. The van der Waals surface area contributed by atoms with Gasteiger partial charge in [-0.25, -0.2) is 0 Å². The summed E-state index contributed by atoms with van der Waals surface area (Å²) >= 11 is 4.81. The van der Waals surface area contributed by atoms with Gasteiger partial charge in [-0.2, -0.15) is 0 Å². The molecule has 1 aliphatic rings. The summed E-state index contributed by atoms with van der Waals surface area (Å²) in [5, 5.41) is 3.39. The topological polar surface area (TPSA) is 47.3 Å². The highest BCUT2D eigenvalue weighted by Gasteiger charge is 2.21. The Labute approximate surface area is 65.9 Å². The van der Waals surface area contributed by atoms with Gasteiger partial charge in [0.2, 0.25) is 0 Å². The van der Waals surface area contributed by atoms with Gasteiger partial charge in [-0.15, -0.1) is 0 Å². The molecule has 0 aromatic heterocycles. The Bertz CT molecular complexity index is 147. The second-order valence-electron chi connectivity index (χ2n) is 2.89. The van der Waals surface area contributed by atoms with Crippen LogP contribution in [-0.4, -0.2) is 23.9 Å². The lowest BCUT2D eigenvalue weighted by atomic mass is 10.0. The van der Waals surface area contributed by atoms with Crippen LogP contribution >= 0.6 is 12.2 Å². The lowest BCUT2D eigenvalue weighted by molar-refractivity contribution is 0.282. The molecule has 58 valence electrons. The first kappa shape index (κ1) is 7.75. The van der Waals surface area contributed by atoms with E-state index in [1.807, 2.05) is 6.92 Å². The van der Waals surface area contributed by atoms with Gasteiger partial charge in [0.1, 0.15) is 0 Å². The summed E-state index contributed by atoms with van der Waals surface area (Å²) in [6.07, 6.45) is 0.847. The van der Waals surface area contributed by atoms with Gasteiger partial charge in [0.05, 0.1) is 6.61 Å². The second-order valence-corrected chi connectivity index (χ2v) is 3.26. The van der Waals surface area contributed by atoms with Crippen LogP contribution in [0.15, 0.2) is 0 Å². The fourth-order valence-electron chi connectivity index (χ4n) is 0.790. The molecule has 10 heavy (non-hydrogen) atoms. The standard InChI is InChI=1S/C6H12N2OS/c1-6(7)2-3-9-5(10)8-4-6/h2-4,7H2,1H3,(H,8,10). The molecular weight excluding hydrogens is 148 g/mol. The molecule has 0 spiro atoms. The van der Waals surface area contributed by atoms with Gasteiger partial charge in [-0.1, -0.05) is 0 Å². The van der Waals surface area contributed by atoms with Crippen molar-refractivity contribution in [3.63, 3.8) is 0 Å². The third kappa shape index (κ3) is 2.11. The predicted octanol–water partition coefficient (Wildman–Crippen LogP) is -0.00140. The van der Waals surface area contributed by atoms with Gasteiger partial charge in [0, 0.05) is 18.5 Å². The van der Waals surface area contributed by atoms with E-state index < -0.39 is 0 Å². The molecule has 1 heterocycles. The Morgan fingerprint density at radius 1 is 1.80 bits per heavy atom. The SMILES string of the molecule is CC1(N)CCOC(=S)NC1. The van der Waals surface area contributed by atoms with E-state index in [-0.39, 0.29) is 5.54 Å². The molecule has 0 saturated carbocycles. The highest BCUT2D eigenvalue weighted by Crippen LogP contribution is 2.07. The zero-order valence-electron chi connectivity index (χ0n) is 6.02. The Morgan fingerprint density at radius 2 is 2.50 bits per heavy atom. The second kappa shape index (κ2) is 2.72. The number of hydrogen-bond acceptors (Lipinski definition) is 3. The van der Waals surface area contributed by atoms with Crippen molar-refractivity contribution in [3.05, 3.63) is 0 Å². The lowest BCUT2D eigenvalue weighted by Crippen LogP contribution is -2.45. The highest BCUT2D eigenvalue weighted by atomic mass is 32.1. The maximum absolute atomic E-state index is 5.84. The lowest BCUT2D eigenvalue weighted by Gasteiger charge is -2.19. The van der Waals surface area contributed by atoms with Crippen molar-refractivity contribution in [2.75, 3.05) is 13.2 Å². The van der Waals surface area contributed by atoms with Crippen molar-refractivity contribution in [2.45, 2.75) is 18.9 Å². The fraction of sp³-hybridized carbons (Fsp3) is 0.833. The van der Waals surface area contributed by atoms with Crippen LogP contribution in [0.1, 0.15) is 13.3 Å². The summed E-state index contributed by atoms with van der Waals surface area (Å²) in [5.41, 5.74) is 5.66. The monoisotopic (exact) mass is 160 g/mol. The van der Waals surface area contributed by atoms with Gasteiger partial charge in [-0.3, -0.25) is 0 Å². The molecule has 1 aliphatic heterocycles. The quantitative estimate of drug-likeness (QED) is 0.490. The largest absolute Gasteiger partial charge is 0.471 e. The summed E-state index contributed by atoms with van der Waals surface area (Å²) in [6, 6.07) is 0. The summed E-state index contributed by atoms with van der Waals surface area (Å²) in [7, 11) is 0. The summed E-state index contributed by atoms with van der Waals surface area (Å²) in [6.45, 7) is 3.31. The Morgan fingerprint density at radius 3 is 3.20 bits per heavy atom. The number of thiocarbonyl (C=S) groups is 1. The minimum Gasteiger partial charge on any atom is -0.471 e. The average Bonchev–Trinajstić information content (AvgIpc) is 1.94. The van der Waals surface area contributed by atoms with Crippen molar-refractivity contribution in [3.8, 4) is 0 Å². The maximum Gasteiger partial charge on any atom is 0.256 e. The van der Waals surface area contributed by atoms with Crippen LogP contribution in [0.2, 0.25) is 0 Å². The van der Waals surface area contributed by atoms with Crippen LogP contribution < -0.4 is 11.1 Å². The van der Waals surface area contributed by atoms with Crippen molar-refractivity contribution in [1.82, 2.24) is 5.32 Å². The van der Waals surface area contributed by atoms with Crippen molar-refractivity contribution < 1.29 is 4.74 Å². The highest BCUT2D eigenvalue weighted by molar-refractivity contribution is 7.80. The van der Waals surface area contributed by atoms with Crippen LogP contribution in [0.25, 0.3) is 0 Å². The van der Waals surface area contributed by atoms with Gasteiger partial charge in [0.25, 0.3) is 5.17 Å². The number of ether oxygens (including phenoxy) is 1. The molecule has 1 unspecified atom stereocenters. The number of nitrogens with one attached hydrogen (secondary N) is 1. The zero-order chi connectivity index (χ0) is 7.61. The molecule has 0 amide bonds. The minimum absolute atomic E-state index is 0.180. The normalized spacial score (nSPS) is 34.0. The van der Waals surface area contributed by atoms with E-state index >= 15 is 0 Å². The van der Waals surface area contributed by atoms with Crippen molar-refractivity contribution >= 4 is 17.4 Å². The number of hydrogen-bond donors (Lipinski definition) is 2. The first-order chi connectivity index (χ1) is 4.60. The molecular formula is C6H12N2OS. The molecule has 0 bridgehead atoms. The van der Waals surface area contributed by atoms with Crippen molar-refractivity contribution in [2.24, 2.45) is 5.73 Å². The van der Waals surface area contributed by atoms with E-state index in [0.717, 1.165) is 6.42 Å². The molecule has 1 atom stereocenters. The molecule has 1 fully saturated rings. The zero-order valence-corrected chi connectivity index (χ0v) is 6.83. The van der Waals surface area contributed by atoms with E-state index in [4.69, 9.17) is 22.7 Å². The Kier molecular flexibility index (Phi) is 2.11. The van der Waals surface area contributed by atoms with Crippen LogP contribution in [0, 0.1) is 0 Å². The van der Waals surface area contributed by atoms with Gasteiger partial charge in [-0.05, 0) is 19.1 Å². The Hall–Kier alpha value is -0.350. The Balaban J connectivity index is 2.48. The van der Waals surface area contributed by atoms with Gasteiger partial charge in [0.15, 0.2) is 0 Å². The predicted molar refractivity (Wildman–Crippen MR) is 43.8 cm³/mol. The molecule has 1 saturated heterocycles. The molecule has 0 aromatic rings. The van der Waals surface area contributed by atoms with E-state index in [1.54, 1.807) is 0 Å². The van der Waals surface area contributed by atoms with Crippen LogP contribution in [0.5, 0.6) is 0 Å². The molecule has 3 N–H and O–H groups in total. The minimum atomic E-state index is -0.180. The third-order valence-electron chi connectivity index (χ3n) is 1.54. The van der Waals surface area contributed by atoms with Crippen LogP contribution in [0.3, 0.4) is 0 Å². The maximum atomic E-state index is 5.84. The van der Waals surface area contributed by atoms with Crippen LogP contribution in [-0.2, 0) is 4.74 Å². The molecule has 0 radical (unpaired) electrons. The number of nitrogens with two attached hydrogens (primary N) is 1. The van der Waals surface area contributed by atoms with Gasteiger partial charge < -0.3 is 15.8 Å². The average molecular weight is 160 g/mol. The first-order valence-electron chi connectivity index (χ1n) is 3.30. The van der Waals surface area contributed by atoms with E-state index in [1.165, 1.54) is 0 Å². The molecule has 0 aliphatic carbocycles. The molecule has 0 aromatic carbocycles. The van der Waals surface area contributed by atoms with Crippen molar-refractivity contribution in [1.29, 1.82) is 0 Å². The first-order valence-corrected chi connectivity index (χ1v) is 3.70. The van der Waals surface area contributed by atoms with E-state index in [0.29, 0.717) is 18.3 Å². The summed E-state index contributed by atoms with van der Waals surface area (Å²) < 4.78 is 5.08. The number of rotatable bonds is 0. The van der Waals surface area contributed by atoms with E-state index in [9.17, 15) is 0 Å². The molecule has 3 nitrogen and oxygen atoms in total. The van der Waals surface area contributed by atoms with E-state index in [2.05, 4.69) is 5.32 Å². The van der Waals surface area contributed by atoms with Crippen LogP contribution in [0.4, 0.5) is 0 Å². The molecule has 4 heteroatoms. The summed E-state index contributed by atoms with van der Waals surface area (Å²) in [5.74, 6) is 0. The summed E-state index contributed by atoms with van der Waals surface area (Å²) in [4.78, 5) is 0. The molecule has 1 rings (SSSR count).